The maximum Gasteiger partial charge on any atom is 0.0456 e. The number of anilines is 2. The average molecular weight is 252 g/mol. The van der Waals surface area contributed by atoms with Crippen LogP contribution >= 0.6 is 0 Å². The van der Waals surface area contributed by atoms with E-state index in [-0.39, 0.29) is 0 Å². The van der Waals surface area contributed by atoms with Gasteiger partial charge >= 0.3 is 0 Å². The van der Waals surface area contributed by atoms with Gasteiger partial charge in [-0.25, -0.2) is 0 Å². The zero-order chi connectivity index (χ0) is 13.2. The first kappa shape index (κ1) is 12.2. The normalized spacial score (nSPS) is 18.2. The molecule has 1 unspecified atom stereocenters. The van der Waals surface area contributed by atoms with Gasteiger partial charge in [0.1, 0.15) is 0 Å². The number of hydrogen-bond acceptors (Lipinski definition) is 2. The molecule has 2 N–H and O–H groups in total. The molecule has 0 saturated carbocycles. The first-order valence-electron chi connectivity index (χ1n) is 6.93. The molecular formula is C17H20N2. The van der Waals surface area contributed by atoms with Crippen molar-refractivity contribution in [1.82, 2.24) is 0 Å². The van der Waals surface area contributed by atoms with Gasteiger partial charge in [0.25, 0.3) is 0 Å². The van der Waals surface area contributed by atoms with Gasteiger partial charge in [0.05, 0.1) is 0 Å². The van der Waals surface area contributed by atoms with Gasteiger partial charge in [-0.05, 0) is 35.6 Å². The van der Waals surface area contributed by atoms with Crippen LogP contribution in [0, 0.1) is 5.92 Å². The fourth-order valence-corrected chi connectivity index (χ4v) is 2.97. The van der Waals surface area contributed by atoms with E-state index in [4.69, 9.17) is 5.73 Å². The molecular weight excluding hydrogens is 232 g/mol. The highest BCUT2D eigenvalue weighted by Gasteiger charge is 2.23. The number of fused-ring (bicyclic) bond motifs is 1. The van der Waals surface area contributed by atoms with Crippen molar-refractivity contribution in [2.45, 2.75) is 19.9 Å². The first-order chi connectivity index (χ1) is 9.29. The maximum atomic E-state index is 5.89. The zero-order valence-electron chi connectivity index (χ0n) is 11.3. The van der Waals surface area contributed by atoms with E-state index in [9.17, 15) is 0 Å². The van der Waals surface area contributed by atoms with E-state index in [0.29, 0.717) is 12.5 Å². The van der Waals surface area contributed by atoms with Crippen LogP contribution in [0.15, 0.2) is 48.5 Å². The molecule has 1 aliphatic rings. The highest BCUT2D eigenvalue weighted by molar-refractivity contribution is 5.70. The fourth-order valence-electron chi connectivity index (χ4n) is 2.97. The molecule has 0 amide bonds. The van der Waals surface area contributed by atoms with E-state index in [1.165, 1.54) is 22.5 Å². The van der Waals surface area contributed by atoms with Gasteiger partial charge in [0, 0.05) is 24.5 Å². The van der Waals surface area contributed by atoms with Crippen LogP contribution in [0.1, 0.15) is 18.1 Å². The molecule has 2 aromatic carbocycles. The molecule has 0 aliphatic carbocycles. The third kappa shape index (κ3) is 2.24. The SMILES string of the molecule is CC1Cc2ccccc2N(c2ccccc2CN)C1. The average Bonchev–Trinajstić information content (AvgIpc) is 2.46. The Bertz CT molecular complexity index is 577. The summed E-state index contributed by atoms with van der Waals surface area (Å²) in [7, 11) is 0. The molecule has 1 heterocycles. The Morgan fingerprint density at radius 1 is 1.05 bits per heavy atom. The number of para-hydroxylation sites is 2. The van der Waals surface area contributed by atoms with Gasteiger partial charge in [0.15, 0.2) is 0 Å². The molecule has 2 aromatic rings. The third-order valence-electron chi connectivity index (χ3n) is 3.85. The Balaban J connectivity index is 2.10. The lowest BCUT2D eigenvalue weighted by atomic mass is 9.93. The maximum absolute atomic E-state index is 5.89. The molecule has 0 fully saturated rings. The van der Waals surface area contributed by atoms with Crippen LogP contribution in [0.5, 0.6) is 0 Å². The summed E-state index contributed by atoms with van der Waals surface area (Å²) in [4.78, 5) is 2.42. The Labute approximate surface area is 114 Å². The lowest BCUT2D eigenvalue weighted by Gasteiger charge is -2.36. The molecule has 1 atom stereocenters. The molecule has 2 heteroatoms. The van der Waals surface area contributed by atoms with E-state index in [1.807, 2.05) is 0 Å². The van der Waals surface area contributed by atoms with Crippen molar-refractivity contribution in [2.24, 2.45) is 11.7 Å². The van der Waals surface area contributed by atoms with Gasteiger partial charge in [-0.3, -0.25) is 0 Å². The smallest absolute Gasteiger partial charge is 0.0456 e. The van der Waals surface area contributed by atoms with Gasteiger partial charge < -0.3 is 10.6 Å². The van der Waals surface area contributed by atoms with E-state index < -0.39 is 0 Å². The van der Waals surface area contributed by atoms with Crippen LogP contribution in [0.3, 0.4) is 0 Å². The lowest BCUT2D eigenvalue weighted by molar-refractivity contribution is 0.561. The molecule has 2 nitrogen and oxygen atoms in total. The topological polar surface area (TPSA) is 29.3 Å². The predicted molar refractivity (Wildman–Crippen MR) is 80.6 cm³/mol. The minimum absolute atomic E-state index is 0.587. The summed E-state index contributed by atoms with van der Waals surface area (Å²) in [6.45, 7) is 3.96. The summed E-state index contributed by atoms with van der Waals surface area (Å²) in [6, 6.07) is 17.2. The molecule has 0 saturated heterocycles. The first-order valence-corrected chi connectivity index (χ1v) is 6.93. The summed E-state index contributed by atoms with van der Waals surface area (Å²) in [5, 5.41) is 0. The number of benzene rings is 2. The Kier molecular flexibility index (Phi) is 3.26. The second-order valence-corrected chi connectivity index (χ2v) is 5.38. The summed E-state index contributed by atoms with van der Waals surface area (Å²) >= 11 is 0. The molecule has 0 aromatic heterocycles. The van der Waals surface area contributed by atoms with E-state index >= 15 is 0 Å². The molecule has 0 bridgehead atoms. The quantitative estimate of drug-likeness (QED) is 0.886. The number of rotatable bonds is 2. The second kappa shape index (κ2) is 5.06. The Morgan fingerprint density at radius 2 is 1.74 bits per heavy atom. The van der Waals surface area contributed by atoms with Crippen molar-refractivity contribution in [2.75, 3.05) is 11.4 Å². The Hall–Kier alpha value is -1.80. The molecule has 98 valence electrons. The fraction of sp³-hybridized carbons (Fsp3) is 0.294. The van der Waals surface area contributed by atoms with Gasteiger partial charge in [-0.15, -0.1) is 0 Å². The van der Waals surface area contributed by atoms with Crippen LogP contribution in [0.2, 0.25) is 0 Å². The molecule has 0 spiro atoms. The summed E-state index contributed by atoms with van der Waals surface area (Å²) in [5.41, 5.74) is 11.1. The lowest BCUT2D eigenvalue weighted by Crippen LogP contribution is -2.31. The van der Waals surface area contributed by atoms with Crippen molar-refractivity contribution < 1.29 is 0 Å². The van der Waals surface area contributed by atoms with Crippen molar-refractivity contribution in [3.8, 4) is 0 Å². The second-order valence-electron chi connectivity index (χ2n) is 5.38. The van der Waals surface area contributed by atoms with E-state index in [0.717, 1.165) is 13.0 Å². The molecule has 3 rings (SSSR count). The van der Waals surface area contributed by atoms with Crippen LogP contribution in [-0.4, -0.2) is 6.54 Å². The van der Waals surface area contributed by atoms with Crippen molar-refractivity contribution >= 4 is 11.4 Å². The molecule has 0 radical (unpaired) electrons. The van der Waals surface area contributed by atoms with Crippen LogP contribution in [0.4, 0.5) is 11.4 Å². The summed E-state index contributed by atoms with van der Waals surface area (Å²) in [5.74, 6) is 0.667. The minimum Gasteiger partial charge on any atom is -0.341 e. The molecule has 19 heavy (non-hydrogen) atoms. The monoisotopic (exact) mass is 252 g/mol. The van der Waals surface area contributed by atoms with Crippen LogP contribution in [0.25, 0.3) is 0 Å². The largest absolute Gasteiger partial charge is 0.341 e. The van der Waals surface area contributed by atoms with E-state index in [1.54, 1.807) is 0 Å². The zero-order valence-corrected chi connectivity index (χ0v) is 11.3. The van der Waals surface area contributed by atoms with Gasteiger partial charge in [-0.1, -0.05) is 43.3 Å². The van der Waals surface area contributed by atoms with Crippen molar-refractivity contribution in [1.29, 1.82) is 0 Å². The Morgan fingerprint density at radius 3 is 2.53 bits per heavy atom. The van der Waals surface area contributed by atoms with E-state index in [2.05, 4.69) is 60.4 Å². The highest BCUT2D eigenvalue weighted by atomic mass is 15.1. The van der Waals surface area contributed by atoms with Crippen molar-refractivity contribution in [3.05, 3.63) is 59.7 Å². The number of nitrogens with zero attached hydrogens (tertiary/aromatic N) is 1. The van der Waals surface area contributed by atoms with Crippen LogP contribution < -0.4 is 10.6 Å². The highest BCUT2D eigenvalue weighted by Crippen LogP contribution is 2.36. The van der Waals surface area contributed by atoms with Gasteiger partial charge in [0.2, 0.25) is 0 Å². The standard InChI is InChI=1S/C17H20N2/c1-13-10-14-6-2-4-8-16(14)19(12-13)17-9-5-3-7-15(17)11-18/h2-9,13H,10-12,18H2,1H3. The van der Waals surface area contributed by atoms with Crippen LogP contribution in [-0.2, 0) is 13.0 Å². The van der Waals surface area contributed by atoms with Crippen molar-refractivity contribution in [3.63, 3.8) is 0 Å². The predicted octanol–water partition coefficient (Wildman–Crippen LogP) is 3.48. The summed E-state index contributed by atoms with van der Waals surface area (Å²) < 4.78 is 0. The minimum atomic E-state index is 0.587. The molecule has 1 aliphatic heterocycles. The van der Waals surface area contributed by atoms with Gasteiger partial charge in [-0.2, -0.15) is 0 Å². The third-order valence-corrected chi connectivity index (χ3v) is 3.85. The summed E-state index contributed by atoms with van der Waals surface area (Å²) in [6.07, 6.45) is 1.16. The number of hydrogen-bond donors (Lipinski definition) is 1. The number of nitrogens with two attached hydrogens (primary N) is 1.